The average Bonchev–Trinajstić information content (AvgIpc) is 2.02. The number of phosphoric ester groups is 1. The van der Waals surface area contributed by atoms with Gasteiger partial charge in [-0.05, 0) is 12.1 Å². The molecule has 84 valence electrons. The molecule has 8 nitrogen and oxygen atoms in total. The Balaban J connectivity index is 0.00000196. The van der Waals surface area contributed by atoms with Gasteiger partial charge in [-0.2, -0.15) is 0 Å². The molecule has 0 aliphatic heterocycles. The first-order valence-corrected chi connectivity index (χ1v) is 4.91. The quantitative estimate of drug-likeness (QED) is 0.406. The van der Waals surface area contributed by atoms with Gasteiger partial charge in [0.15, 0.2) is 0 Å². The van der Waals surface area contributed by atoms with Crippen LogP contribution in [0.15, 0.2) is 24.3 Å². The van der Waals surface area contributed by atoms with E-state index in [-0.39, 0.29) is 17.6 Å². The van der Waals surface area contributed by atoms with E-state index in [1.165, 1.54) is 0 Å². The zero-order valence-electron chi connectivity index (χ0n) is 7.44. The number of rotatable bonds is 3. The molecule has 0 aliphatic rings. The third-order valence-electron chi connectivity index (χ3n) is 1.27. The lowest BCUT2D eigenvalue weighted by Gasteiger charge is -2.05. The summed E-state index contributed by atoms with van der Waals surface area (Å²) < 4.78 is 14.5. The van der Waals surface area contributed by atoms with E-state index in [2.05, 4.69) is 4.52 Å². The summed E-state index contributed by atoms with van der Waals surface area (Å²) in [6.45, 7) is 0. The SMILES string of the molecule is N.O=[N+]([O-])c1ccc(OP(=O)(O)O)cc1. The first kappa shape index (κ1) is 13.5. The summed E-state index contributed by atoms with van der Waals surface area (Å²) in [5, 5.41) is 10.2. The van der Waals surface area contributed by atoms with Crippen LogP contribution in [0, 0.1) is 10.1 Å². The van der Waals surface area contributed by atoms with Crippen molar-refractivity contribution in [2.75, 3.05) is 0 Å². The molecular weight excluding hydrogens is 227 g/mol. The molecule has 5 N–H and O–H groups in total. The third kappa shape index (κ3) is 4.52. The molecule has 0 unspecified atom stereocenters. The van der Waals surface area contributed by atoms with Crippen LogP contribution >= 0.6 is 7.82 Å². The normalized spacial score (nSPS) is 10.3. The molecule has 0 aliphatic carbocycles. The molecule has 9 heteroatoms. The molecule has 0 atom stereocenters. The molecule has 1 rings (SSSR count). The smallest absolute Gasteiger partial charge is 0.404 e. The minimum Gasteiger partial charge on any atom is -0.404 e. The number of phosphoric acid groups is 1. The third-order valence-corrected chi connectivity index (χ3v) is 1.72. The topological polar surface area (TPSA) is 145 Å². The average molecular weight is 236 g/mol. The highest BCUT2D eigenvalue weighted by Gasteiger charge is 2.16. The van der Waals surface area contributed by atoms with Gasteiger partial charge in [-0.3, -0.25) is 19.9 Å². The molecule has 0 saturated carbocycles. The van der Waals surface area contributed by atoms with Gasteiger partial charge < -0.3 is 10.7 Å². The lowest BCUT2D eigenvalue weighted by Crippen LogP contribution is -1.91. The van der Waals surface area contributed by atoms with Crippen molar-refractivity contribution in [2.45, 2.75) is 0 Å². The maximum atomic E-state index is 10.4. The van der Waals surface area contributed by atoms with Crippen LogP contribution in [-0.4, -0.2) is 14.7 Å². The van der Waals surface area contributed by atoms with E-state index in [0.717, 1.165) is 24.3 Å². The predicted octanol–water partition coefficient (Wildman–Crippen LogP) is 1.23. The largest absolute Gasteiger partial charge is 0.524 e. The van der Waals surface area contributed by atoms with Crippen LogP contribution in [0.1, 0.15) is 0 Å². The number of hydrogen-bond acceptors (Lipinski definition) is 5. The van der Waals surface area contributed by atoms with Crippen LogP contribution in [0.2, 0.25) is 0 Å². The van der Waals surface area contributed by atoms with Crippen LogP contribution in [0.4, 0.5) is 5.69 Å². The first-order chi connectivity index (χ1) is 6.38. The van der Waals surface area contributed by atoms with Crippen molar-refractivity contribution in [1.29, 1.82) is 0 Å². The van der Waals surface area contributed by atoms with Crippen molar-refractivity contribution >= 4 is 13.5 Å². The Morgan fingerprint density at radius 1 is 1.27 bits per heavy atom. The van der Waals surface area contributed by atoms with Crippen LogP contribution in [0.5, 0.6) is 5.75 Å². The standard InChI is InChI=1S/C6H6NO6P.H3N/c8-7(9)5-1-3-6(4-2-5)13-14(10,11)12;/h1-4H,(H2,10,11,12);1H3. The van der Waals surface area contributed by atoms with Gasteiger partial charge in [-0.15, -0.1) is 0 Å². The van der Waals surface area contributed by atoms with Crippen molar-refractivity contribution in [1.82, 2.24) is 6.15 Å². The Morgan fingerprint density at radius 2 is 1.73 bits per heavy atom. The highest BCUT2D eigenvalue weighted by molar-refractivity contribution is 7.46. The highest BCUT2D eigenvalue weighted by atomic mass is 31.2. The Labute approximate surface area is 84.5 Å². The summed E-state index contributed by atoms with van der Waals surface area (Å²) in [5.41, 5.74) is -0.178. The van der Waals surface area contributed by atoms with Crippen LogP contribution in [-0.2, 0) is 4.57 Å². The zero-order chi connectivity index (χ0) is 10.8. The number of hydrogen-bond donors (Lipinski definition) is 3. The Morgan fingerprint density at radius 3 is 2.07 bits per heavy atom. The van der Waals surface area contributed by atoms with Crippen molar-refractivity contribution in [2.24, 2.45) is 0 Å². The van der Waals surface area contributed by atoms with Crippen molar-refractivity contribution < 1.29 is 23.8 Å². The van der Waals surface area contributed by atoms with E-state index in [0.29, 0.717) is 0 Å². The van der Waals surface area contributed by atoms with Gasteiger partial charge >= 0.3 is 7.82 Å². The van der Waals surface area contributed by atoms with Crippen molar-refractivity contribution in [3.8, 4) is 5.75 Å². The molecule has 0 radical (unpaired) electrons. The lowest BCUT2D eigenvalue weighted by molar-refractivity contribution is -0.384. The van der Waals surface area contributed by atoms with E-state index in [9.17, 15) is 14.7 Å². The number of nitro groups is 1. The van der Waals surface area contributed by atoms with E-state index in [1.54, 1.807) is 0 Å². The Hall–Kier alpha value is -1.47. The van der Waals surface area contributed by atoms with Crippen LogP contribution < -0.4 is 10.7 Å². The fourth-order valence-corrected chi connectivity index (χ4v) is 1.16. The van der Waals surface area contributed by atoms with Crippen LogP contribution in [0.25, 0.3) is 0 Å². The Bertz CT molecular complexity index is 385. The van der Waals surface area contributed by atoms with Crippen molar-refractivity contribution in [3.05, 3.63) is 34.4 Å². The zero-order valence-corrected chi connectivity index (χ0v) is 8.33. The first-order valence-electron chi connectivity index (χ1n) is 3.38. The van der Waals surface area contributed by atoms with Gasteiger partial charge in [0.05, 0.1) is 4.92 Å². The fraction of sp³-hybridized carbons (Fsp3) is 0. The van der Waals surface area contributed by atoms with E-state index in [4.69, 9.17) is 9.79 Å². The molecule has 0 fully saturated rings. The molecular formula is C6H9N2O6P. The van der Waals surface area contributed by atoms with E-state index >= 15 is 0 Å². The lowest BCUT2D eigenvalue weighted by atomic mass is 10.3. The van der Waals surface area contributed by atoms with Gasteiger partial charge in [-0.25, -0.2) is 4.57 Å². The molecule has 0 heterocycles. The summed E-state index contributed by atoms with van der Waals surface area (Å²) in [7, 11) is -4.60. The summed E-state index contributed by atoms with van der Waals surface area (Å²) in [6, 6.07) is 4.39. The molecule has 0 bridgehead atoms. The number of nitrogens with zero attached hydrogens (tertiary/aromatic N) is 1. The van der Waals surface area contributed by atoms with Crippen LogP contribution in [0.3, 0.4) is 0 Å². The second-order valence-corrected chi connectivity index (χ2v) is 3.50. The molecule has 0 saturated heterocycles. The van der Waals surface area contributed by atoms with E-state index in [1.807, 2.05) is 0 Å². The highest BCUT2D eigenvalue weighted by Crippen LogP contribution is 2.37. The second kappa shape index (κ2) is 4.85. The van der Waals surface area contributed by atoms with Gasteiger partial charge in [0, 0.05) is 12.1 Å². The molecule has 0 amide bonds. The maximum Gasteiger partial charge on any atom is 0.524 e. The minimum atomic E-state index is -4.60. The second-order valence-electron chi connectivity index (χ2n) is 2.33. The fourth-order valence-electron chi connectivity index (χ4n) is 0.766. The molecule has 0 spiro atoms. The Kier molecular flexibility index (Phi) is 4.38. The molecule has 15 heavy (non-hydrogen) atoms. The maximum absolute atomic E-state index is 10.4. The molecule has 0 aromatic heterocycles. The summed E-state index contributed by atoms with van der Waals surface area (Å²) >= 11 is 0. The van der Waals surface area contributed by atoms with Gasteiger partial charge in [0.2, 0.25) is 0 Å². The predicted molar refractivity (Wildman–Crippen MR) is 50.8 cm³/mol. The van der Waals surface area contributed by atoms with Crippen molar-refractivity contribution in [3.63, 3.8) is 0 Å². The van der Waals surface area contributed by atoms with Gasteiger partial charge in [0.1, 0.15) is 5.75 Å². The summed E-state index contributed by atoms with van der Waals surface area (Å²) in [4.78, 5) is 26.4. The minimum absolute atomic E-state index is 0. The summed E-state index contributed by atoms with van der Waals surface area (Å²) in [5.74, 6) is -0.121. The number of benzene rings is 1. The number of nitro benzene ring substituents is 1. The molecule has 1 aromatic carbocycles. The van der Waals surface area contributed by atoms with E-state index < -0.39 is 12.7 Å². The van der Waals surface area contributed by atoms with Gasteiger partial charge in [-0.1, -0.05) is 0 Å². The summed E-state index contributed by atoms with van der Waals surface area (Å²) in [6.07, 6.45) is 0. The molecule has 1 aromatic rings. The monoisotopic (exact) mass is 236 g/mol. The number of non-ortho nitro benzene ring substituents is 1. The van der Waals surface area contributed by atoms with Gasteiger partial charge in [0.25, 0.3) is 5.69 Å².